The van der Waals surface area contributed by atoms with E-state index in [2.05, 4.69) is 23.1 Å². The number of methoxy groups -OCH3 is 2. The standard InChI is InChI=1S/C40H34N4O3S/c1-46-34-26-24-32(25-27-34)43-37(30-17-9-4-10-18-30)41-44(33-21-13-6-14-22-33)40(43)36(38(45)47-2)35(28-23-29-15-7-3-8-16-29)42(39(40)48)31-19-11-5-12-20-31/h3-22,24-28,36H,23H2,1-2H3/b35-28+/t36-,40+/m0/s1. The maximum Gasteiger partial charge on any atom is 0.319 e. The van der Waals surface area contributed by atoms with Gasteiger partial charge in [-0.25, -0.2) is 5.01 Å². The first-order valence-corrected chi connectivity index (χ1v) is 16.1. The van der Waals surface area contributed by atoms with E-state index in [4.69, 9.17) is 26.8 Å². The first kappa shape index (κ1) is 30.9. The summed E-state index contributed by atoms with van der Waals surface area (Å²) in [4.78, 5) is 19.1. The van der Waals surface area contributed by atoms with Crippen LogP contribution in [-0.2, 0) is 16.0 Å². The molecule has 48 heavy (non-hydrogen) atoms. The zero-order chi connectivity index (χ0) is 33.1. The van der Waals surface area contributed by atoms with Crippen LogP contribution in [0.1, 0.15) is 11.1 Å². The van der Waals surface area contributed by atoms with E-state index in [1.807, 2.05) is 143 Å². The summed E-state index contributed by atoms with van der Waals surface area (Å²) in [5.74, 6) is -0.0126. The van der Waals surface area contributed by atoms with Crippen molar-refractivity contribution < 1.29 is 14.3 Å². The summed E-state index contributed by atoms with van der Waals surface area (Å²) in [6, 6.07) is 47.7. The molecule has 2 heterocycles. The van der Waals surface area contributed by atoms with Crippen molar-refractivity contribution in [2.24, 2.45) is 11.0 Å². The fourth-order valence-electron chi connectivity index (χ4n) is 6.59. The fraction of sp³-hybridized carbons (Fsp3) is 0.125. The van der Waals surface area contributed by atoms with E-state index in [0.717, 1.165) is 28.2 Å². The number of para-hydroxylation sites is 2. The molecule has 7 rings (SSSR count). The van der Waals surface area contributed by atoms with E-state index in [9.17, 15) is 4.79 Å². The number of ether oxygens (including phenoxy) is 2. The van der Waals surface area contributed by atoms with E-state index in [1.165, 1.54) is 7.11 Å². The number of amidine groups is 1. The summed E-state index contributed by atoms with van der Waals surface area (Å²) in [6.07, 6.45) is 2.67. The van der Waals surface area contributed by atoms with Crippen LogP contribution in [-0.4, -0.2) is 36.7 Å². The van der Waals surface area contributed by atoms with Crippen molar-refractivity contribution in [2.75, 3.05) is 29.0 Å². The van der Waals surface area contributed by atoms with Crippen molar-refractivity contribution in [2.45, 2.75) is 12.1 Å². The SMILES string of the molecule is COC(=O)[C@@H]1/C(=C\Cc2ccccc2)N(c2ccccc2)C(=S)[C@]12N(c1ccccc1)N=C(c1ccccc1)N2c1ccc(OC)cc1. The molecule has 7 nitrogen and oxygen atoms in total. The number of hydrogen-bond acceptors (Lipinski definition) is 7. The number of allylic oxidation sites excluding steroid dienone is 1. The molecule has 1 spiro atoms. The predicted molar refractivity (Wildman–Crippen MR) is 195 cm³/mol. The minimum atomic E-state index is -1.37. The van der Waals surface area contributed by atoms with Gasteiger partial charge in [-0.2, -0.15) is 5.10 Å². The van der Waals surface area contributed by atoms with Crippen LogP contribution in [0.15, 0.2) is 162 Å². The molecule has 0 unspecified atom stereocenters. The highest BCUT2D eigenvalue weighted by Gasteiger charge is 2.69. The molecule has 0 amide bonds. The van der Waals surface area contributed by atoms with Crippen molar-refractivity contribution in [3.8, 4) is 5.75 Å². The van der Waals surface area contributed by atoms with Gasteiger partial charge in [-0.15, -0.1) is 0 Å². The Morgan fingerprint density at radius 3 is 1.90 bits per heavy atom. The van der Waals surface area contributed by atoms with Gasteiger partial charge >= 0.3 is 5.97 Å². The van der Waals surface area contributed by atoms with Crippen LogP contribution in [0, 0.1) is 5.92 Å². The Kier molecular flexibility index (Phi) is 8.48. The van der Waals surface area contributed by atoms with Gasteiger partial charge in [-0.3, -0.25) is 9.69 Å². The summed E-state index contributed by atoms with van der Waals surface area (Å²) in [5, 5.41) is 7.26. The summed E-state index contributed by atoms with van der Waals surface area (Å²) in [6.45, 7) is 0. The number of carbonyl (C=O) groups excluding carboxylic acids is 1. The molecule has 0 saturated carbocycles. The van der Waals surface area contributed by atoms with Gasteiger partial charge in [0.15, 0.2) is 5.84 Å². The fourth-order valence-corrected chi connectivity index (χ4v) is 7.10. The molecule has 5 aromatic carbocycles. The summed E-state index contributed by atoms with van der Waals surface area (Å²) in [7, 11) is 3.07. The molecule has 0 aromatic heterocycles. The Morgan fingerprint density at radius 2 is 1.31 bits per heavy atom. The number of benzene rings is 5. The molecular weight excluding hydrogens is 617 g/mol. The van der Waals surface area contributed by atoms with Gasteiger partial charge in [-0.05, 0) is 60.5 Å². The largest absolute Gasteiger partial charge is 0.497 e. The maximum absolute atomic E-state index is 14.5. The average Bonchev–Trinajstić information content (AvgIpc) is 3.64. The number of esters is 1. The van der Waals surface area contributed by atoms with Crippen LogP contribution in [0.4, 0.5) is 17.1 Å². The highest BCUT2D eigenvalue weighted by atomic mass is 32.1. The lowest BCUT2D eigenvalue weighted by molar-refractivity contribution is -0.145. The minimum Gasteiger partial charge on any atom is -0.497 e. The molecule has 1 fully saturated rings. The van der Waals surface area contributed by atoms with E-state index in [1.54, 1.807) is 7.11 Å². The first-order chi connectivity index (χ1) is 23.6. The minimum absolute atomic E-state index is 0.431. The zero-order valence-corrected chi connectivity index (χ0v) is 27.5. The average molecular weight is 651 g/mol. The number of thiocarbonyl (C=S) groups is 1. The van der Waals surface area contributed by atoms with E-state index in [0.29, 0.717) is 28.7 Å². The van der Waals surface area contributed by atoms with Gasteiger partial charge in [0.25, 0.3) is 0 Å². The van der Waals surface area contributed by atoms with Crippen molar-refractivity contribution in [3.63, 3.8) is 0 Å². The van der Waals surface area contributed by atoms with Crippen molar-refractivity contribution >= 4 is 46.1 Å². The van der Waals surface area contributed by atoms with Crippen LogP contribution in [0.3, 0.4) is 0 Å². The number of hydrogen-bond donors (Lipinski definition) is 0. The quantitative estimate of drug-likeness (QED) is 0.125. The molecule has 2 aliphatic heterocycles. The molecule has 0 radical (unpaired) electrons. The molecule has 2 atom stereocenters. The molecule has 0 aliphatic carbocycles. The number of rotatable bonds is 8. The van der Waals surface area contributed by atoms with Crippen molar-refractivity contribution in [1.82, 2.24) is 0 Å². The second-order valence-corrected chi connectivity index (χ2v) is 11.8. The molecule has 238 valence electrons. The van der Waals surface area contributed by atoms with Crippen LogP contribution in [0.5, 0.6) is 5.75 Å². The molecular formula is C40H34N4O3S. The molecule has 1 saturated heterocycles. The molecule has 2 aliphatic rings. The molecule has 0 bridgehead atoms. The summed E-state index contributed by atoms with van der Waals surface area (Å²) >= 11 is 6.65. The van der Waals surface area contributed by atoms with Crippen LogP contribution >= 0.6 is 12.2 Å². The zero-order valence-electron chi connectivity index (χ0n) is 26.6. The summed E-state index contributed by atoms with van der Waals surface area (Å²) < 4.78 is 11.2. The maximum atomic E-state index is 14.5. The normalized spacial score (nSPS) is 19.6. The highest BCUT2D eigenvalue weighted by molar-refractivity contribution is 7.81. The van der Waals surface area contributed by atoms with Gasteiger partial charge in [0.2, 0.25) is 5.66 Å². The van der Waals surface area contributed by atoms with Gasteiger partial charge in [0.05, 0.1) is 19.9 Å². The Hall–Kier alpha value is -5.73. The number of anilines is 3. The Morgan fingerprint density at radius 1 is 0.750 bits per heavy atom. The third-order valence-electron chi connectivity index (χ3n) is 8.75. The first-order valence-electron chi connectivity index (χ1n) is 15.7. The Bertz CT molecular complexity index is 1970. The van der Waals surface area contributed by atoms with Crippen molar-refractivity contribution in [3.05, 3.63) is 168 Å². The van der Waals surface area contributed by atoms with E-state index >= 15 is 0 Å². The van der Waals surface area contributed by atoms with Gasteiger partial charge in [-0.1, -0.05) is 115 Å². The van der Waals surface area contributed by atoms with Crippen LogP contribution in [0.2, 0.25) is 0 Å². The van der Waals surface area contributed by atoms with Crippen LogP contribution < -0.4 is 19.5 Å². The number of carbonyl (C=O) groups is 1. The molecule has 8 heteroatoms. The van der Waals surface area contributed by atoms with Crippen molar-refractivity contribution in [1.29, 1.82) is 0 Å². The lowest BCUT2D eigenvalue weighted by Gasteiger charge is -2.44. The highest BCUT2D eigenvalue weighted by Crippen LogP contribution is 2.53. The monoisotopic (exact) mass is 650 g/mol. The lowest BCUT2D eigenvalue weighted by Crippen LogP contribution is -2.65. The smallest absolute Gasteiger partial charge is 0.319 e. The van der Waals surface area contributed by atoms with E-state index in [-0.39, 0.29) is 0 Å². The summed E-state index contributed by atoms with van der Waals surface area (Å²) in [5.41, 5.74) is 3.70. The molecule has 0 N–H and O–H groups in total. The van der Waals surface area contributed by atoms with E-state index < -0.39 is 17.6 Å². The van der Waals surface area contributed by atoms with Gasteiger partial charge < -0.3 is 14.4 Å². The lowest BCUT2D eigenvalue weighted by atomic mass is 9.88. The Balaban J connectivity index is 1.56. The van der Waals surface area contributed by atoms with Gasteiger partial charge in [0, 0.05) is 22.6 Å². The van der Waals surface area contributed by atoms with Crippen LogP contribution in [0.25, 0.3) is 0 Å². The van der Waals surface area contributed by atoms with Gasteiger partial charge in [0.1, 0.15) is 16.7 Å². The number of nitrogens with zero attached hydrogens (tertiary/aromatic N) is 4. The second kappa shape index (κ2) is 13.2. The molecule has 5 aromatic rings. The Labute approximate surface area is 286 Å². The topological polar surface area (TPSA) is 57.6 Å². The number of hydrazone groups is 1. The third-order valence-corrected chi connectivity index (χ3v) is 9.23. The predicted octanol–water partition coefficient (Wildman–Crippen LogP) is 7.84. The second-order valence-electron chi connectivity index (χ2n) is 11.4. The third kappa shape index (κ3) is 5.20.